The van der Waals surface area contributed by atoms with Gasteiger partial charge in [-0.25, -0.2) is 13.8 Å². The zero-order valence-corrected chi connectivity index (χ0v) is 21.3. The van der Waals surface area contributed by atoms with Crippen molar-refractivity contribution in [2.24, 2.45) is 11.1 Å². The van der Waals surface area contributed by atoms with Crippen LogP contribution in [0.5, 0.6) is 0 Å². The zero-order chi connectivity index (χ0) is 28.3. The van der Waals surface area contributed by atoms with Gasteiger partial charge >= 0.3 is 6.18 Å². The molecule has 14 heteroatoms. The fourth-order valence-electron chi connectivity index (χ4n) is 4.08. The predicted molar refractivity (Wildman–Crippen MR) is 133 cm³/mol. The van der Waals surface area contributed by atoms with Gasteiger partial charge in [0.25, 0.3) is 5.91 Å². The monoisotopic (exact) mass is 584 g/mol. The van der Waals surface area contributed by atoms with E-state index in [1.54, 1.807) is 0 Å². The molecule has 7 nitrogen and oxygen atoms in total. The maximum Gasteiger partial charge on any atom is 0.416 e. The Labute approximate surface area is 226 Å². The van der Waals surface area contributed by atoms with Crippen molar-refractivity contribution in [3.05, 3.63) is 69.2 Å². The molecule has 3 amide bonds. The average Bonchev–Trinajstić information content (AvgIpc) is 3.77. The normalized spacial score (nSPS) is 16.1. The third-order valence-corrected chi connectivity index (χ3v) is 7.87. The first-order chi connectivity index (χ1) is 18.3. The lowest BCUT2D eigenvalue weighted by molar-refractivity contribution is -0.137. The molecule has 5 rings (SSSR count). The number of hydrogen-bond acceptors (Lipinski definition) is 5. The summed E-state index contributed by atoms with van der Waals surface area (Å²) < 4.78 is 67.9. The van der Waals surface area contributed by atoms with E-state index >= 15 is 0 Å². The van der Waals surface area contributed by atoms with Crippen LogP contribution in [0.2, 0.25) is 5.02 Å². The number of anilines is 3. The third-order valence-electron chi connectivity index (χ3n) is 6.49. The first kappa shape index (κ1) is 27.0. The molecule has 3 N–H and O–H groups in total. The number of halogens is 6. The molecule has 39 heavy (non-hydrogen) atoms. The number of nitrogens with one attached hydrogen (secondary N) is 1. The molecule has 0 radical (unpaired) electrons. The number of primary amides is 1. The Morgan fingerprint density at radius 3 is 2.26 bits per heavy atom. The topological polar surface area (TPSA) is 105 Å². The van der Waals surface area contributed by atoms with E-state index in [1.165, 1.54) is 0 Å². The van der Waals surface area contributed by atoms with E-state index in [4.69, 9.17) is 17.3 Å². The van der Waals surface area contributed by atoms with Gasteiger partial charge in [0.1, 0.15) is 21.9 Å². The summed E-state index contributed by atoms with van der Waals surface area (Å²) in [5, 5.41) is 2.07. The molecule has 204 valence electrons. The number of amides is 3. The minimum Gasteiger partial charge on any atom is -0.369 e. The van der Waals surface area contributed by atoms with Crippen molar-refractivity contribution in [3.63, 3.8) is 0 Å². The summed E-state index contributed by atoms with van der Waals surface area (Å²) in [5.41, 5.74) is 2.54. The van der Waals surface area contributed by atoms with Gasteiger partial charge in [0, 0.05) is 12.0 Å². The van der Waals surface area contributed by atoms with Crippen molar-refractivity contribution in [1.82, 2.24) is 4.98 Å². The predicted octanol–water partition coefficient (Wildman–Crippen LogP) is 6.15. The first-order valence-electron chi connectivity index (χ1n) is 11.6. The van der Waals surface area contributed by atoms with Crippen LogP contribution in [0.25, 0.3) is 0 Å². The van der Waals surface area contributed by atoms with Crippen molar-refractivity contribution in [1.29, 1.82) is 0 Å². The molecule has 2 fully saturated rings. The number of hydrogen-bond donors (Lipinski definition) is 2. The molecule has 0 unspecified atom stereocenters. The number of benzene rings is 2. The summed E-state index contributed by atoms with van der Waals surface area (Å²) in [5.74, 6) is -4.78. The summed E-state index contributed by atoms with van der Waals surface area (Å²) in [6.07, 6.45) is -3.13. The number of nitrogens with two attached hydrogens (primary N) is 1. The molecule has 2 aliphatic carbocycles. The van der Waals surface area contributed by atoms with E-state index in [-0.39, 0.29) is 50.9 Å². The van der Waals surface area contributed by atoms with E-state index in [9.17, 15) is 36.3 Å². The summed E-state index contributed by atoms with van der Waals surface area (Å²) >= 11 is 6.71. The second-order valence-corrected chi connectivity index (χ2v) is 10.7. The Bertz CT molecular complexity index is 1500. The van der Waals surface area contributed by atoms with Crippen molar-refractivity contribution in [2.75, 3.05) is 10.2 Å². The molecule has 2 aromatic carbocycles. The molecule has 0 bridgehead atoms. The van der Waals surface area contributed by atoms with Crippen LogP contribution in [0.4, 0.5) is 38.5 Å². The van der Waals surface area contributed by atoms with Gasteiger partial charge in [-0.3, -0.25) is 19.3 Å². The number of aromatic nitrogens is 1. The van der Waals surface area contributed by atoms with Gasteiger partial charge in [-0.15, -0.1) is 0 Å². The van der Waals surface area contributed by atoms with Crippen LogP contribution in [0.1, 0.15) is 52.5 Å². The largest absolute Gasteiger partial charge is 0.416 e. The van der Waals surface area contributed by atoms with E-state index in [2.05, 4.69) is 10.3 Å². The molecule has 0 atom stereocenters. The molecule has 0 saturated heterocycles. The van der Waals surface area contributed by atoms with Gasteiger partial charge in [-0.05, 0) is 56.0 Å². The highest BCUT2D eigenvalue weighted by Crippen LogP contribution is 2.51. The van der Waals surface area contributed by atoms with Crippen molar-refractivity contribution in [2.45, 2.75) is 37.8 Å². The van der Waals surface area contributed by atoms with Gasteiger partial charge in [0.05, 0.1) is 27.7 Å². The Balaban J connectivity index is 1.57. The summed E-state index contributed by atoms with van der Waals surface area (Å²) in [4.78, 5) is 44.2. The third kappa shape index (κ3) is 5.20. The van der Waals surface area contributed by atoms with Gasteiger partial charge in [-0.2, -0.15) is 13.2 Å². The van der Waals surface area contributed by atoms with Crippen LogP contribution in [-0.4, -0.2) is 22.7 Å². The van der Waals surface area contributed by atoms with E-state index in [0.717, 1.165) is 29.2 Å². The molecule has 1 heterocycles. The molecule has 2 saturated carbocycles. The van der Waals surface area contributed by atoms with E-state index < -0.39 is 46.5 Å². The minimum atomic E-state index is -4.68. The van der Waals surface area contributed by atoms with Gasteiger partial charge in [-0.1, -0.05) is 22.9 Å². The maximum atomic E-state index is 14.1. The molecule has 0 aliphatic heterocycles. The minimum absolute atomic E-state index is 0.0282. The number of thiazole rings is 1. The Morgan fingerprint density at radius 1 is 1.08 bits per heavy atom. The number of nitrogens with zero attached hydrogens (tertiary/aromatic N) is 2. The van der Waals surface area contributed by atoms with Crippen LogP contribution < -0.4 is 16.0 Å². The Hall–Kier alpha value is -3.58. The highest BCUT2D eigenvalue weighted by molar-refractivity contribution is 7.18. The standard InChI is InChI=1S/C25H18ClF5N4O3S/c26-16-4-3-12(25(29,30)31)7-17(16)33-20(36)19-18(11-1-2-11)34-23(39-19)35(15-9-13(27)8-14(28)10-15)22(38)24(5-6-24)21(32)37/h3-4,7-11H,1-2,5-6H2,(H2,32,37)(H,33,36). The SMILES string of the molecule is NC(=O)C1(C(=O)N(c2cc(F)cc(F)c2)c2nc(C3CC3)c(C(=O)Nc3cc(C(F)(F)F)ccc3Cl)s2)CC1. The maximum absolute atomic E-state index is 14.1. The molecule has 2 aliphatic rings. The number of carbonyl (C=O) groups excluding carboxylic acids is 3. The van der Waals surface area contributed by atoms with Crippen molar-refractivity contribution >= 4 is 57.2 Å². The first-order valence-corrected chi connectivity index (χ1v) is 12.8. The fraction of sp³-hybridized carbons (Fsp3) is 0.280. The Kier molecular flexibility index (Phi) is 6.62. The van der Waals surface area contributed by atoms with E-state index in [1.807, 2.05) is 0 Å². The lowest BCUT2D eigenvalue weighted by atomic mass is 10.0. The van der Waals surface area contributed by atoms with Crippen LogP contribution in [-0.2, 0) is 15.8 Å². The van der Waals surface area contributed by atoms with Gasteiger partial charge in [0.15, 0.2) is 5.13 Å². The second-order valence-electron chi connectivity index (χ2n) is 9.35. The smallest absolute Gasteiger partial charge is 0.369 e. The number of carbonyl (C=O) groups is 3. The molecule has 3 aromatic rings. The lowest BCUT2D eigenvalue weighted by Gasteiger charge is -2.24. The van der Waals surface area contributed by atoms with Crippen LogP contribution in [0, 0.1) is 17.0 Å². The molecule has 1 aromatic heterocycles. The highest BCUT2D eigenvalue weighted by atomic mass is 35.5. The van der Waals surface area contributed by atoms with Crippen molar-refractivity contribution in [3.8, 4) is 0 Å². The van der Waals surface area contributed by atoms with Gasteiger partial charge in [0.2, 0.25) is 11.8 Å². The summed E-state index contributed by atoms with van der Waals surface area (Å²) in [6, 6.07) is 4.80. The van der Waals surface area contributed by atoms with Crippen LogP contribution in [0.15, 0.2) is 36.4 Å². The quantitative estimate of drug-likeness (QED) is 0.256. The van der Waals surface area contributed by atoms with Crippen LogP contribution in [0.3, 0.4) is 0 Å². The average molecular weight is 585 g/mol. The fourth-order valence-corrected chi connectivity index (χ4v) is 5.31. The summed E-state index contributed by atoms with van der Waals surface area (Å²) in [7, 11) is 0. The number of alkyl halides is 3. The van der Waals surface area contributed by atoms with E-state index in [0.29, 0.717) is 36.3 Å². The lowest BCUT2D eigenvalue weighted by Crippen LogP contribution is -2.41. The second kappa shape index (κ2) is 9.56. The highest BCUT2D eigenvalue weighted by Gasteiger charge is 2.58. The number of rotatable bonds is 7. The molecular formula is C25H18ClF5N4O3S. The van der Waals surface area contributed by atoms with Crippen molar-refractivity contribution < 1.29 is 36.3 Å². The molecular weight excluding hydrogens is 567 g/mol. The van der Waals surface area contributed by atoms with Crippen LogP contribution >= 0.6 is 22.9 Å². The summed E-state index contributed by atoms with van der Waals surface area (Å²) in [6.45, 7) is 0. The zero-order valence-electron chi connectivity index (χ0n) is 19.7. The van der Waals surface area contributed by atoms with Gasteiger partial charge < -0.3 is 11.1 Å². The Morgan fingerprint density at radius 2 is 1.72 bits per heavy atom. The molecule has 0 spiro atoms.